The van der Waals surface area contributed by atoms with Crippen molar-refractivity contribution in [3.05, 3.63) is 71.0 Å². The van der Waals surface area contributed by atoms with Crippen molar-refractivity contribution in [3.8, 4) is 11.4 Å². The van der Waals surface area contributed by atoms with E-state index in [0.29, 0.717) is 29.4 Å². The summed E-state index contributed by atoms with van der Waals surface area (Å²) in [7, 11) is 1.79. The number of hydrogen-bond acceptors (Lipinski definition) is 4. The molecule has 0 radical (unpaired) electrons. The minimum absolute atomic E-state index is 0.151. The molecule has 26 heavy (non-hydrogen) atoms. The van der Waals surface area contributed by atoms with Gasteiger partial charge in [0, 0.05) is 30.8 Å². The van der Waals surface area contributed by atoms with Crippen LogP contribution in [0.2, 0.25) is 5.02 Å². The molecular weight excluding hydrogens is 350 g/mol. The second kappa shape index (κ2) is 8.12. The second-order valence-electron chi connectivity index (χ2n) is 6.00. The lowest BCUT2D eigenvalue weighted by molar-refractivity contribution is 0.0938. The Morgan fingerprint density at radius 1 is 1.27 bits per heavy atom. The minimum Gasteiger partial charge on any atom is -0.348 e. The number of carbonyl (C=O) groups is 1. The molecule has 3 aromatic rings. The number of aromatic nitrogens is 3. The highest BCUT2D eigenvalue weighted by Gasteiger charge is 2.16. The van der Waals surface area contributed by atoms with E-state index in [-0.39, 0.29) is 11.9 Å². The van der Waals surface area contributed by atoms with Crippen LogP contribution in [0.25, 0.3) is 11.4 Å². The van der Waals surface area contributed by atoms with E-state index in [1.54, 1.807) is 29.9 Å². The van der Waals surface area contributed by atoms with E-state index in [9.17, 15) is 4.79 Å². The molecular formula is C19H20ClN5O. The topological polar surface area (TPSA) is 85.8 Å². The normalized spacial score (nSPS) is 12.0. The van der Waals surface area contributed by atoms with Crippen LogP contribution in [0.1, 0.15) is 15.9 Å². The first kappa shape index (κ1) is 18.1. The van der Waals surface area contributed by atoms with E-state index >= 15 is 0 Å². The van der Waals surface area contributed by atoms with Crippen molar-refractivity contribution in [3.63, 3.8) is 0 Å². The summed E-state index contributed by atoms with van der Waals surface area (Å²) in [5.74, 6) is 0.439. The Labute approximate surface area is 157 Å². The number of aryl methyl sites for hydroxylation is 1. The molecule has 0 saturated heterocycles. The Kier molecular flexibility index (Phi) is 5.65. The maximum absolute atomic E-state index is 12.6. The fourth-order valence-electron chi connectivity index (χ4n) is 2.74. The number of nitrogens with one attached hydrogen (secondary N) is 1. The molecule has 1 aromatic heterocycles. The molecule has 7 heteroatoms. The number of nitrogens with zero attached hydrogens (tertiary/aromatic N) is 3. The first-order chi connectivity index (χ1) is 12.6. The van der Waals surface area contributed by atoms with Gasteiger partial charge in [-0.15, -0.1) is 0 Å². The van der Waals surface area contributed by atoms with Crippen molar-refractivity contribution >= 4 is 17.5 Å². The fourth-order valence-corrected chi connectivity index (χ4v) is 3.00. The van der Waals surface area contributed by atoms with Crippen LogP contribution in [0.4, 0.5) is 0 Å². The molecule has 134 valence electrons. The van der Waals surface area contributed by atoms with E-state index < -0.39 is 0 Å². The second-order valence-corrected chi connectivity index (χ2v) is 6.40. The zero-order valence-electron chi connectivity index (χ0n) is 14.4. The predicted octanol–water partition coefficient (Wildman–Crippen LogP) is 2.44. The number of nitrogens with two attached hydrogens (primary N) is 1. The quantitative estimate of drug-likeness (QED) is 0.698. The number of rotatable bonds is 6. The molecule has 3 N–H and O–H groups in total. The molecule has 0 spiro atoms. The summed E-state index contributed by atoms with van der Waals surface area (Å²) in [5, 5.41) is 7.45. The molecule has 1 heterocycles. The van der Waals surface area contributed by atoms with Crippen molar-refractivity contribution in [1.29, 1.82) is 0 Å². The zero-order chi connectivity index (χ0) is 18.5. The van der Waals surface area contributed by atoms with Crippen LogP contribution in [0.15, 0.2) is 54.9 Å². The van der Waals surface area contributed by atoms with Gasteiger partial charge in [0.15, 0.2) is 5.82 Å². The Morgan fingerprint density at radius 3 is 2.65 bits per heavy atom. The molecule has 0 aliphatic rings. The Morgan fingerprint density at radius 2 is 2.04 bits per heavy atom. The van der Waals surface area contributed by atoms with E-state index in [0.717, 1.165) is 11.1 Å². The number of hydrogen-bond donors (Lipinski definition) is 2. The molecule has 2 aromatic carbocycles. The summed E-state index contributed by atoms with van der Waals surface area (Å²) < 4.78 is 1.63. The third kappa shape index (κ3) is 4.09. The van der Waals surface area contributed by atoms with Crippen LogP contribution in [-0.4, -0.2) is 33.3 Å². The third-order valence-corrected chi connectivity index (χ3v) is 4.44. The maximum Gasteiger partial charge on any atom is 0.251 e. The molecule has 3 rings (SSSR count). The van der Waals surface area contributed by atoms with Crippen molar-refractivity contribution in [1.82, 2.24) is 20.1 Å². The molecule has 1 amide bonds. The van der Waals surface area contributed by atoms with E-state index in [4.69, 9.17) is 17.3 Å². The lowest BCUT2D eigenvalue weighted by Crippen LogP contribution is -2.41. The first-order valence-electron chi connectivity index (χ1n) is 8.27. The Balaban J connectivity index is 1.73. The van der Waals surface area contributed by atoms with E-state index in [2.05, 4.69) is 15.4 Å². The van der Waals surface area contributed by atoms with Crippen molar-refractivity contribution < 1.29 is 4.79 Å². The lowest BCUT2D eigenvalue weighted by atomic mass is 10.0. The number of carbonyl (C=O) groups excluding carboxylic acids is 1. The highest BCUT2D eigenvalue weighted by Crippen LogP contribution is 2.26. The van der Waals surface area contributed by atoms with Gasteiger partial charge in [-0.25, -0.2) is 9.67 Å². The smallest absolute Gasteiger partial charge is 0.251 e. The van der Waals surface area contributed by atoms with Gasteiger partial charge in [0.25, 0.3) is 5.91 Å². The highest BCUT2D eigenvalue weighted by molar-refractivity contribution is 6.33. The van der Waals surface area contributed by atoms with Crippen molar-refractivity contribution in [2.24, 2.45) is 12.8 Å². The summed E-state index contributed by atoms with van der Waals surface area (Å²) in [5.41, 5.74) is 8.15. The van der Waals surface area contributed by atoms with Gasteiger partial charge >= 0.3 is 0 Å². The molecule has 1 atom stereocenters. The van der Waals surface area contributed by atoms with Crippen LogP contribution in [0, 0.1) is 0 Å². The Bertz CT molecular complexity index is 894. The first-order valence-corrected chi connectivity index (χ1v) is 8.65. The molecule has 0 aliphatic heterocycles. The molecule has 1 unspecified atom stereocenters. The summed E-state index contributed by atoms with van der Waals surface area (Å²) in [6, 6.07) is 14.9. The average molecular weight is 370 g/mol. The van der Waals surface area contributed by atoms with Crippen LogP contribution >= 0.6 is 11.6 Å². The largest absolute Gasteiger partial charge is 0.348 e. The molecule has 0 saturated carbocycles. The lowest BCUT2D eigenvalue weighted by Gasteiger charge is -2.17. The summed E-state index contributed by atoms with van der Waals surface area (Å²) in [6.45, 7) is 0.353. The molecule has 6 nitrogen and oxygen atoms in total. The van der Waals surface area contributed by atoms with E-state index in [1.165, 1.54) is 6.33 Å². The van der Waals surface area contributed by atoms with Gasteiger partial charge in [-0.1, -0.05) is 41.9 Å². The fraction of sp³-hybridized carbons (Fsp3) is 0.211. The average Bonchev–Trinajstić information content (AvgIpc) is 3.07. The molecule has 0 aliphatic carbocycles. The van der Waals surface area contributed by atoms with Gasteiger partial charge in [-0.3, -0.25) is 4.79 Å². The van der Waals surface area contributed by atoms with Crippen LogP contribution < -0.4 is 11.1 Å². The van der Waals surface area contributed by atoms with Crippen molar-refractivity contribution in [2.45, 2.75) is 12.5 Å². The van der Waals surface area contributed by atoms with Gasteiger partial charge in [0.1, 0.15) is 6.33 Å². The summed E-state index contributed by atoms with van der Waals surface area (Å²) >= 11 is 6.35. The summed E-state index contributed by atoms with van der Waals surface area (Å²) in [4.78, 5) is 16.7. The van der Waals surface area contributed by atoms with E-state index in [1.807, 2.05) is 30.3 Å². The summed E-state index contributed by atoms with van der Waals surface area (Å²) in [6.07, 6.45) is 2.13. The van der Waals surface area contributed by atoms with Gasteiger partial charge < -0.3 is 11.1 Å². The third-order valence-electron chi connectivity index (χ3n) is 4.13. The molecule has 0 fully saturated rings. The number of amides is 1. The van der Waals surface area contributed by atoms with Gasteiger partial charge in [0.05, 0.1) is 5.02 Å². The number of halogens is 1. The van der Waals surface area contributed by atoms with Crippen LogP contribution in [0.3, 0.4) is 0 Å². The van der Waals surface area contributed by atoms with Crippen LogP contribution in [0.5, 0.6) is 0 Å². The zero-order valence-corrected chi connectivity index (χ0v) is 15.1. The van der Waals surface area contributed by atoms with Crippen molar-refractivity contribution in [2.75, 3.05) is 6.54 Å². The van der Waals surface area contributed by atoms with Gasteiger partial charge in [-0.05, 0) is 30.2 Å². The van der Waals surface area contributed by atoms with Gasteiger partial charge in [-0.2, -0.15) is 5.10 Å². The van der Waals surface area contributed by atoms with Gasteiger partial charge in [0.2, 0.25) is 0 Å². The SMILES string of the molecule is Cn1ncnc1-c1ccc(C(=O)NC(CN)Cc2ccccc2)cc1Cl. The predicted molar refractivity (Wildman–Crippen MR) is 102 cm³/mol. The highest BCUT2D eigenvalue weighted by atomic mass is 35.5. The number of benzene rings is 2. The Hall–Kier alpha value is -2.70. The monoisotopic (exact) mass is 369 g/mol. The standard InChI is InChI=1S/C19H20ClN5O/c1-25-18(22-12-23-25)16-8-7-14(10-17(16)20)19(26)24-15(11-21)9-13-5-3-2-4-6-13/h2-8,10,12,15H,9,11,21H2,1H3,(H,24,26). The van der Waals surface area contributed by atoms with Crippen LogP contribution in [-0.2, 0) is 13.5 Å². The maximum atomic E-state index is 12.6. The molecule has 0 bridgehead atoms. The minimum atomic E-state index is -0.206.